The molecule has 1 nitrogen and oxygen atoms in total. The number of alkyl halides is 3. The molecule has 0 aromatic heterocycles. The first-order valence-electron chi connectivity index (χ1n) is 4.91. The minimum atomic E-state index is -4.46. The zero-order valence-corrected chi connectivity index (χ0v) is 8.98. The number of hydrogen-bond donors (Lipinski definition) is 1. The van der Waals surface area contributed by atoms with Gasteiger partial charge in [-0.1, -0.05) is 6.07 Å². The van der Waals surface area contributed by atoms with Crippen molar-refractivity contribution in [3.05, 3.63) is 34.9 Å². The van der Waals surface area contributed by atoms with Gasteiger partial charge >= 0.3 is 6.18 Å². The van der Waals surface area contributed by atoms with Crippen LogP contribution in [0.1, 0.15) is 30.1 Å². The van der Waals surface area contributed by atoms with Crippen molar-refractivity contribution in [2.45, 2.75) is 32.0 Å². The van der Waals surface area contributed by atoms with E-state index in [1.54, 1.807) is 0 Å². The van der Waals surface area contributed by atoms with Gasteiger partial charge in [-0.2, -0.15) is 13.2 Å². The molecule has 1 atom stereocenters. The highest BCUT2D eigenvalue weighted by atomic mass is 19.4. The van der Waals surface area contributed by atoms with Gasteiger partial charge in [0.05, 0.1) is 11.7 Å². The van der Waals surface area contributed by atoms with Crippen LogP contribution in [0.25, 0.3) is 0 Å². The molecule has 1 aromatic rings. The molecule has 0 heterocycles. The van der Waals surface area contributed by atoms with Gasteiger partial charge in [-0.05, 0) is 25.0 Å². The molecule has 1 aromatic carbocycles. The van der Waals surface area contributed by atoms with Crippen molar-refractivity contribution in [2.75, 3.05) is 0 Å². The molecule has 0 aliphatic heterocycles. The molecule has 0 bridgehead atoms. The first kappa shape index (κ1) is 13.9. The maximum atomic E-state index is 13.5. The van der Waals surface area contributed by atoms with E-state index in [-0.39, 0.29) is 5.56 Å². The predicted molar refractivity (Wildman–Crippen MR) is 51.3 cm³/mol. The summed E-state index contributed by atoms with van der Waals surface area (Å²) in [5, 5.41) is 9.39. The van der Waals surface area contributed by atoms with Crippen molar-refractivity contribution in [1.82, 2.24) is 0 Å². The number of aliphatic hydroxyl groups is 1. The van der Waals surface area contributed by atoms with Crippen LogP contribution in [-0.4, -0.2) is 11.3 Å². The molecule has 0 saturated heterocycles. The minimum Gasteiger partial charge on any atom is -0.388 e. The number of benzene rings is 1. The van der Waals surface area contributed by atoms with Crippen molar-refractivity contribution >= 4 is 0 Å². The molecule has 0 radical (unpaired) electrons. The lowest BCUT2D eigenvalue weighted by Gasteiger charge is -2.15. The molecule has 0 aliphatic rings. The first-order valence-corrected chi connectivity index (χ1v) is 4.91. The summed E-state index contributed by atoms with van der Waals surface area (Å²) in [4.78, 5) is 0. The summed E-state index contributed by atoms with van der Waals surface area (Å²) < 4.78 is 62.4. The van der Waals surface area contributed by atoms with E-state index in [0.29, 0.717) is 0 Å². The molecule has 0 fully saturated rings. The normalized spacial score (nSPS) is 13.8. The Morgan fingerprint density at radius 3 is 2.35 bits per heavy atom. The Hall–Kier alpha value is -1.17. The van der Waals surface area contributed by atoms with Crippen molar-refractivity contribution in [3.63, 3.8) is 0 Å². The number of aliphatic hydroxyl groups excluding tert-OH is 1. The second kappa shape index (κ2) is 5.00. The molecule has 1 rings (SSSR count). The van der Waals surface area contributed by atoms with Gasteiger partial charge in [-0.25, -0.2) is 8.78 Å². The summed E-state index contributed by atoms with van der Waals surface area (Å²) in [6, 6.07) is 2.08. The van der Waals surface area contributed by atoms with Crippen molar-refractivity contribution < 1.29 is 27.1 Å². The zero-order valence-electron chi connectivity index (χ0n) is 8.98. The summed E-state index contributed by atoms with van der Waals surface area (Å²) in [6.07, 6.45) is -8.31. The van der Waals surface area contributed by atoms with Crippen LogP contribution in [0, 0.1) is 18.6 Å². The van der Waals surface area contributed by atoms with Gasteiger partial charge in [0, 0.05) is 6.42 Å². The Balaban J connectivity index is 2.89. The summed E-state index contributed by atoms with van der Waals surface area (Å²) in [7, 11) is 0. The van der Waals surface area contributed by atoms with E-state index in [1.165, 1.54) is 6.92 Å². The Kier molecular flexibility index (Phi) is 4.08. The molecular weight excluding hydrogens is 243 g/mol. The molecule has 0 amide bonds. The zero-order chi connectivity index (χ0) is 13.2. The standard InChI is InChI=1S/C11H11F5O/c1-6-2-3-7(12)9(10(6)13)8(17)4-5-11(14,15)16/h2-3,8,17H,4-5H2,1H3. The first-order chi connectivity index (χ1) is 7.72. The van der Waals surface area contributed by atoms with Crippen LogP contribution in [0.2, 0.25) is 0 Å². The number of aryl methyl sites for hydroxylation is 1. The second-order valence-corrected chi connectivity index (χ2v) is 3.76. The summed E-state index contributed by atoms with van der Waals surface area (Å²) in [6.45, 7) is 1.34. The quantitative estimate of drug-likeness (QED) is 0.816. The highest BCUT2D eigenvalue weighted by molar-refractivity contribution is 5.28. The number of rotatable bonds is 3. The fourth-order valence-electron chi connectivity index (χ4n) is 1.43. The largest absolute Gasteiger partial charge is 0.389 e. The van der Waals surface area contributed by atoms with Crippen molar-refractivity contribution in [2.24, 2.45) is 0 Å². The van der Waals surface area contributed by atoms with Gasteiger partial charge in [0.15, 0.2) is 0 Å². The molecule has 1 unspecified atom stereocenters. The maximum Gasteiger partial charge on any atom is 0.389 e. The van der Waals surface area contributed by atoms with Crippen molar-refractivity contribution in [1.29, 1.82) is 0 Å². The summed E-state index contributed by atoms with van der Waals surface area (Å²) in [5.41, 5.74) is -0.623. The lowest BCUT2D eigenvalue weighted by Crippen LogP contribution is -2.12. The third-order valence-corrected chi connectivity index (χ3v) is 2.35. The van der Waals surface area contributed by atoms with Crippen LogP contribution in [0.5, 0.6) is 0 Å². The SMILES string of the molecule is Cc1ccc(F)c(C(O)CCC(F)(F)F)c1F. The Bertz CT molecular complexity index is 400. The summed E-state index contributed by atoms with van der Waals surface area (Å²) in [5.74, 6) is -2.04. The average molecular weight is 254 g/mol. The van der Waals surface area contributed by atoms with Crippen LogP contribution in [0.4, 0.5) is 22.0 Å². The number of halogens is 5. The van der Waals surface area contributed by atoms with Crippen LogP contribution < -0.4 is 0 Å². The smallest absolute Gasteiger partial charge is 0.388 e. The topological polar surface area (TPSA) is 20.2 Å². The van der Waals surface area contributed by atoms with E-state index in [4.69, 9.17) is 0 Å². The molecular formula is C11H11F5O. The molecule has 0 aliphatic carbocycles. The van der Waals surface area contributed by atoms with Gasteiger partial charge in [0.1, 0.15) is 11.6 Å². The highest BCUT2D eigenvalue weighted by Gasteiger charge is 2.30. The van der Waals surface area contributed by atoms with Gasteiger partial charge < -0.3 is 5.11 Å². The van der Waals surface area contributed by atoms with Crippen LogP contribution >= 0.6 is 0 Å². The monoisotopic (exact) mass is 254 g/mol. The third kappa shape index (κ3) is 3.66. The van der Waals surface area contributed by atoms with Gasteiger partial charge in [0.25, 0.3) is 0 Å². The van der Waals surface area contributed by atoms with E-state index in [1.807, 2.05) is 0 Å². The van der Waals surface area contributed by atoms with Gasteiger partial charge in [-0.15, -0.1) is 0 Å². The van der Waals surface area contributed by atoms with E-state index in [9.17, 15) is 27.1 Å². The lowest BCUT2D eigenvalue weighted by atomic mass is 10.0. The van der Waals surface area contributed by atoms with Gasteiger partial charge in [0.2, 0.25) is 0 Å². The molecule has 17 heavy (non-hydrogen) atoms. The fourth-order valence-corrected chi connectivity index (χ4v) is 1.43. The third-order valence-electron chi connectivity index (χ3n) is 2.35. The fraction of sp³-hybridized carbons (Fsp3) is 0.455. The Morgan fingerprint density at radius 1 is 1.24 bits per heavy atom. The highest BCUT2D eigenvalue weighted by Crippen LogP contribution is 2.30. The van der Waals surface area contributed by atoms with E-state index in [0.717, 1.165) is 12.1 Å². The van der Waals surface area contributed by atoms with Crippen LogP contribution in [0.15, 0.2) is 12.1 Å². The maximum absolute atomic E-state index is 13.5. The van der Waals surface area contributed by atoms with E-state index < -0.39 is 42.3 Å². The van der Waals surface area contributed by atoms with Crippen LogP contribution in [0.3, 0.4) is 0 Å². The lowest BCUT2D eigenvalue weighted by molar-refractivity contribution is -0.140. The Morgan fingerprint density at radius 2 is 1.82 bits per heavy atom. The average Bonchev–Trinajstić information content (AvgIpc) is 2.20. The molecule has 0 spiro atoms. The summed E-state index contributed by atoms with van der Waals surface area (Å²) >= 11 is 0. The predicted octanol–water partition coefficient (Wildman–Crippen LogP) is 3.65. The molecule has 0 saturated carbocycles. The second-order valence-electron chi connectivity index (χ2n) is 3.76. The number of hydrogen-bond acceptors (Lipinski definition) is 1. The van der Waals surface area contributed by atoms with E-state index in [2.05, 4.69) is 0 Å². The molecule has 6 heteroatoms. The van der Waals surface area contributed by atoms with E-state index >= 15 is 0 Å². The molecule has 1 N–H and O–H groups in total. The molecule has 96 valence electrons. The minimum absolute atomic E-state index is 0.0764. The van der Waals surface area contributed by atoms with Crippen molar-refractivity contribution in [3.8, 4) is 0 Å². The van der Waals surface area contributed by atoms with Crippen LogP contribution in [-0.2, 0) is 0 Å². The van der Waals surface area contributed by atoms with Gasteiger partial charge in [-0.3, -0.25) is 0 Å². The Labute approximate surface area is 94.9 Å².